The van der Waals surface area contributed by atoms with E-state index < -0.39 is 0 Å². The predicted octanol–water partition coefficient (Wildman–Crippen LogP) is 2.94. The van der Waals surface area contributed by atoms with E-state index in [0.717, 1.165) is 42.8 Å². The molecule has 0 aliphatic carbocycles. The fourth-order valence-electron chi connectivity index (χ4n) is 2.22. The van der Waals surface area contributed by atoms with Crippen molar-refractivity contribution >= 4 is 41.3 Å². The van der Waals surface area contributed by atoms with E-state index in [1.807, 2.05) is 0 Å². The number of aryl methyl sites for hydroxylation is 2. The van der Waals surface area contributed by atoms with Gasteiger partial charge in [-0.05, 0) is 33.6 Å². The van der Waals surface area contributed by atoms with Gasteiger partial charge in [0.2, 0.25) is 0 Å². The molecule has 1 aliphatic heterocycles. The molecule has 0 radical (unpaired) electrons. The number of thiazole rings is 1. The number of hydrogen-bond acceptors (Lipinski definition) is 3. The molecule has 2 rings (SSSR count). The summed E-state index contributed by atoms with van der Waals surface area (Å²) in [5.41, 5.74) is 1.12. The Labute approximate surface area is 136 Å². The minimum Gasteiger partial charge on any atom is -0.357 e. The van der Waals surface area contributed by atoms with Crippen molar-refractivity contribution in [3.63, 3.8) is 0 Å². The summed E-state index contributed by atoms with van der Waals surface area (Å²) >= 11 is 1.75. The molecule has 0 saturated carbocycles. The van der Waals surface area contributed by atoms with Crippen molar-refractivity contribution in [2.24, 2.45) is 4.99 Å². The van der Waals surface area contributed by atoms with Gasteiger partial charge in [-0.15, -0.1) is 35.3 Å². The molecular weight excluding hydrogens is 371 g/mol. The molecule has 0 bridgehead atoms. The molecule has 1 aliphatic rings. The van der Waals surface area contributed by atoms with Gasteiger partial charge in [0.25, 0.3) is 0 Å². The maximum atomic E-state index is 4.74. The molecule has 0 amide bonds. The summed E-state index contributed by atoms with van der Waals surface area (Å²) in [7, 11) is 0. The van der Waals surface area contributed by atoms with Crippen molar-refractivity contribution in [3.8, 4) is 0 Å². The molecule has 0 unspecified atom stereocenters. The third-order valence-corrected chi connectivity index (χ3v) is 4.17. The Kier molecular flexibility index (Phi) is 7.06. The molecule has 1 N–H and O–H groups in total. The number of rotatable bonds is 3. The van der Waals surface area contributed by atoms with Crippen LogP contribution in [0.5, 0.6) is 0 Å². The van der Waals surface area contributed by atoms with Gasteiger partial charge in [-0.1, -0.05) is 0 Å². The van der Waals surface area contributed by atoms with E-state index in [1.54, 1.807) is 11.3 Å². The Morgan fingerprint density at radius 2 is 2.05 bits per heavy atom. The minimum absolute atomic E-state index is 0. The summed E-state index contributed by atoms with van der Waals surface area (Å²) < 4.78 is 0. The van der Waals surface area contributed by atoms with Gasteiger partial charge >= 0.3 is 0 Å². The second kappa shape index (κ2) is 8.04. The number of nitrogens with zero attached hydrogens (tertiary/aromatic N) is 3. The normalized spacial score (nSPS) is 15.5. The predicted molar refractivity (Wildman–Crippen MR) is 92.6 cm³/mol. The van der Waals surface area contributed by atoms with Crippen LogP contribution in [0.15, 0.2) is 4.99 Å². The zero-order valence-electron chi connectivity index (χ0n) is 11.9. The standard InChI is InChI=1S/C13H22N4S.HI/c1-4-14-13(17-7-5-6-8-17)15-9-12-10(2)16-11(3)18-12;/h4-9H2,1-3H3,(H,14,15);1H. The first-order chi connectivity index (χ1) is 8.70. The molecular formula is C13H23IN4S. The summed E-state index contributed by atoms with van der Waals surface area (Å²) in [5.74, 6) is 1.06. The zero-order chi connectivity index (χ0) is 13.0. The van der Waals surface area contributed by atoms with E-state index in [2.05, 4.69) is 36.0 Å². The smallest absolute Gasteiger partial charge is 0.194 e. The minimum atomic E-state index is 0. The first kappa shape index (κ1) is 16.7. The lowest BCUT2D eigenvalue weighted by molar-refractivity contribution is 0.494. The molecule has 1 aromatic heterocycles. The Morgan fingerprint density at radius 1 is 1.37 bits per heavy atom. The van der Waals surface area contributed by atoms with Crippen LogP contribution in [0.25, 0.3) is 0 Å². The third kappa shape index (κ3) is 4.59. The van der Waals surface area contributed by atoms with Gasteiger partial charge in [0.15, 0.2) is 5.96 Å². The second-order valence-electron chi connectivity index (χ2n) is 4.61. The van der Waals surface area contributed by atoms with Gasteiger partial charge in [-0.3, -0.25) is 0 Å². The van der Waals surface area contributed by atoms with Crippen molar-refractivity contribution in [1.29, 1.82) is 0 Å². The number of hydrogen-bond donors (Lipinski definition) is 1. The summed E-state index contributed by atoms with van der Waals surface area (Å²) in [5, 5.41) is 4.51. The van der Waals surface area contributed by atoms with Crippen molar-refractivity contribution < 1.29 is 0 Å². The van der Waals surface area contributed by atoms with Gasteiger partial charge < -0.3 is 10.2 Å². The van der Waals surface area contributed by atoms with Crippen LogP contribution in [0.2, 0.25) is 0 Å². The Hall–Kier alpha value is -0.370. The fraction of sp³-hybridized carbons (Fsp3) is 0.692. The summed E-state index contributed by atoms with van der Waals surface area (Å²) in [6.07, 6.45) is 2.56. The lowest BCUT2D eigenvalue weighted by atomic mass is 10.4. The van der Waals surface area contributed by atoms with Gasteiger partial charge in [0, 0.05) is 24.5 Å². The SMILES string of the molecule is CCNC(=NCc1sc(C)nc1C)N1CCCC1.I. The Balaban J connectivity index is 0.00000180. The molecule has 2 heterocycles. The maximum absolute atomic E-state index is 4.74. The first-order valence-electron chi connectivity index (χ1n) is 6.67. The van der Waals surface area contributed by atoms with Crippen LogP contribution in [0.3, 0.4) is 0 Å². The van der Waals surface area contributed by atoms with Gasteiger partial charge in [-0.25, -0.2) is 9.98 Å². The van der Waals surface area contributed by atoms with E-state index in [-0.39, 0.29) is 24.0 Å². The molecule has 0 aromatic carbocycles. The largest absolute Gasteiger partial charge is 0.357 e. The summed E-state index contributed by atoms with van der Waals surface area (Å²) in [4.78, 5) is 12.8. The highest BCUT2D eigenvalue weighted by molar-refractivity contribution is 14.0. The quantitative estimate of drug-likeness (QED) is 0.487. The Morgan fingerprint density at radius 3 is 2.58 bits per heavy atom. The topological polar surface area (TPSA) is 40.5 Å². The lowest BCUT2D eigenvalue weighted by Crippen LogP contribution is -2.39. The van der Waals surface area contributed by atoms with Crippen molar-refractivity contribution in [2.45, 2.75) is 40.2 Å². The molecule has 4 nitrogen and oxygen atoms in total. The lowest BCUT2D eigenvalue weighted by Gasteiger charge is -2.20. The second-order valence-corrected chi connectivity index (χ2v) is 5.89. The number of aromatic nitrogens is 1. The molecule has 19 heavy (non-hydrogen) atoms. The highest BCUT2D eigenvalue weighted by Crippen LogP contribution is 2.18. The number of nitrogens with one attached hydrogen (secondary N) is 1. The van der Waals surface area contributed by atoms with E-state index >= 15 is 0 Å². The van der Waals surface area contributed by atoms with E-state index in [0.29, 0.717) is 0 Å². The highest BCUT2D eigenvalue weighted by atomic mass is 127. The number of aliphatic imine (C=N–C) groups is 1. The van der Waals surface area contributed by atoms with Crippen LogP contribution in [-0.4, -0.2) is 35.5 Å². The first-order valence-corrected chi connectivity index (χ1v) is 7.48. The third-order valence-electron chi connectivity index (χ3n) is 3.11. The van der Waals surface area contributed by atoms with Gasteiger partial charge in [-0.2, -0.15) is 0 Å². The van der Waals surface area contributed by atoms with Gasteiger partial charge in [0.1, 0.15) is 0 Å². The fourth-order valence-corrected chi connectivity index (χ4v) is 3.08. The van der Waals surface area contributed by atoms with Crippen molar-refractivity contribution in [1.82, 2.24) is 15.2 Å². The van der Waals surface area contributed by atoms with Crippen LogP contribution < -0.4 is 5.32 Å². The van der Waals surface area contributed by atoms with Crippen LogP contribution >= 0.6 is 35.3 Å². The zero-order valence-corrected chi connectivity index (χ0v) is 15.0. The monoisotopic (exact) mass is 394 g/mol. The number of halogens is 1. The Bertz CT molecular complexity index is 424. The van der Waals surface area contributed by atoms with Crippen LogP contribution in [0.1, 0.15) is 35.3 Å². The molecule has 1 saturated heterocycles. The van der Waals surface area contributed by atoms with Gasteiger partial charge in [0.05, 0.1) is 17.2 Å². The number of likely N-dealkylation sites (tertiary alicyclic amines) is 1. The van der Waals surface area contributed by atoms with E-state index in [4.69, 9.17) is 4.99 Å². The van der Waals surface area contributed by atoms with Crippen molar-refractivity contribution in [2.75, 3.05) is 19.6 Å². The summed E-state index contributed by atoms with van der Waals surface area (Å²) in [6.45, 7) is 10.2. The van der Waals surface area contributed by atoms with E-state index in [1.165, 1.54) is 17.7 Å². The molecule has 0 spiro atoms. The summed E-state index contributed by atoms with van der Waals surface area (Å²) in [6, 6.07) is 0. The van der Waals surface area contributed by atoms with Crippen LogP contribution in [-0.2, 0) is 6.54 Å². The van der Waals surface area contributed by atoms with E-state index in [9.17, 15) is 0 Å². The molecule has 1 fully saturated rings. The highest BCUT2D eigenvalue weighted by Gasteiger charge is 2.15. The van der Waals surface area contributed by atoms with Crippen LogP contribution in [0.4, 0.5) is 0 Å². The molecule has 0 atom stereocenters. The molecule has 108 valence electrons. The maximum Gasteiger partial charge on any atom is 0.194 e. The average molecular weight is 394 g/mol. The average Bonchev–Trinajstić information content (AvgIpc) is 2.95. The molecule has 6 heteroatoms. The van der Waals surface area contributed by atoms with Crippen molar-refractivity contribution in [3.05, 3.63) is 15.6 Å². The van der Waals surface area contributed by atoms with Crippen LogP contribution in [0, 0.1) is 13.8 Å². The molecule has 1 aromatic rings. The number of guanidine groups is 1.